The van der Waals surface area contributed by atoms with Gasteiger partial charge in [0.05, 0.1) is 70.4 Å². The van der Waals surface area contributed by atoms with E-state index in [-0.39, 0.29) is 80.9 Å². The van der Waals surface area contributed by atoms with Crippen LogP contribution in [0.1, 0.15) is 108 Å². The maximum absolute atomic E-state index is 13.7. The predicted octanol–water partition coefficient (Wildman–Crippen LogP) is 7.92. The van der Waals surface area contributed by atoms with Crippen LogP contribution in [0.15, 0.2) is 95.0 Å². The zero-order valence-electron chi connectivity index (χ0n) is 61.8. The van der Waals surface area contributed by atoms with Crippen LogP contribution in [0.2, 0.25) is 10.0 Å². The Kier molecular flexibility index (Phi) is 18.8. The van der Waals surface area contributed by atoms with E-state index in [2.05, 4.69) is 93.0 Å². The fraction of sp³-hybridized carbons (Fsp3) is 0.421. The number of aryl methyl sites for hydroxylation is 4. The number of ether oxygens (including phenoxy) is 2. The third-order valence-corrected chi connectivity index (χ3v) is 23.4. The molecule has 2 aliphatic carbocycles. The fourth-order valence-electron chi connectivity index (χ4n) is 17.0. The van der Waals surface area contributed by atoms with Crippen molar-refractivity contribution in [2.24, 2.45) is 50.9 Å². The number of amides is 6. The van der Waals surface area contributed by atoms with Gasteiger partial charge in [0.25, 0.3) is 22.9 Å². The van der Waals surface area contributed by atoms with E-state index in [1.54, 1.807) is 46.3 Å². The van der Waals surface area contributed by atoms with Crippen molar-refractivity contribution in [3.8, 4) is 11.5 Å². The van der Waals surface area contributed by atoms with Gasteiger partial charge in [0.2, 0.25) is 35.5 Å². The highest BCUT2D eigenvalue weighted by atomic mass is 35.5. The summed E-state index contributed by atoms with van der Waals surface area (Å²) in [5, 5.41) is 32.7. The standard InChI is InChI=1S/C76H82Cl2N22O10/c1-38-27-75(19-17-53(38)83-43-9-11-47-55(25-43)96(6)91-62(47)49-13-15-59(101)87-69(49)105)34-99(35-75)73-81-31-51(77)64(89-73)85-45-21-41-23-57(71(107)94(4)66(41)79-29-45)109-33-61(103)98(8)93-68(104)40(3)110-58-24-42-22-46(30-80-67(42)95(5)72(58)108)86-65-52(78)32-82-74(90-65)100-36-76(37-100)20-18-54(39(2)28-76)84-44-10-12-48-56(26-44)97(7)92-63(48)50-14-16-60(102)88-70(50)106/h9-12,21-26,29-32,38-40,49-50,53-54,83-84H,13-20,27-28,33-37H2,1-8H3,(H,93,104)(H,81,85,89)(H,82,86,90)(H,87,101,105)(H,88,102,106)/t38-,39-,40?,49?,50?,53+,54+/m1/s1. The molecule has 4 aliphatic heterocycles. The highest BCUT2D eigenvalue weighted by molar-refractivity contribution is 6.33. The minimum absolute atomic E-state index is 0.0935. The molecule has 6 fully saturated rings. The molecule has 110 heavy (non-hydrogen) atoms. The molecule has 0 bridgehead atoms. The van der Waals surface area contributed by atoms with Gasteiger partial charge in [-0.05, 0) is 131 Å². The van der Waals surface area contributed by atoms with Crippen LogP contribution in [0.25, 0.3) is 43.9 Å². The molecule has 32 nitrogen and oxygen atoms in total. The second-order valence-electron chi connectivity index (χ2n) is 30.6. The van der Waals surface area contributed by atoms with Crippen LogP contribution in [0, 0.1) is 22.7 Å². The summed E-state index contributed by atoms with van der Waals surface area (Å²) >= 11 is 13.4. The number of nitrogens with one attached hydrogen (secondary N) is 7. The summed E-state index contributed by atoms with van der Waals surface area (Å²) in [5.74, 6) is -1.37. The first kappa shape index (κ1) is 72.6. The second kappa shape index (κ2) is 28.5. The molecule has 4 saturated heterocycles. The van der Waals surface area contributed by atoms with Crippen molar-refractivity contribution >= 4 is 149 Å². The van der Waals surface area contributed by atoms with Crippen molar-refractivity contribution in [3.63, 3.8) is 0 Å². The van der Waals surface area contributed by atoms with E-state index in [9.17, 15) is 38.4 Å². The minimum atomic E-state index is -1.29. The number of carbonyl (C=O) groups is 6. The molecule has 10 aromatic rings. The lowest BCUT2D eigenvalue weighted by Gasteiger charge is -2.55. The largest absolute Gasteiger partial charge is 0.478 e. The maximum Gasteiger partial charge on any atom is 0.294 e. The van der Waals surface area contributed by atoms with Crippen molar-refractivity contribution in [1.29, 1.82) is 0 Å². The number of hydrogen-bond acceptors (Lipinski definition) is 24. The van der Waals surface area contributed by atoms with Gasteiger partial charge >= 0.3 is 0 Å². The molecule has 7 N–H and O–H groups in total. The molecule has 2 spiro atoms. The molecule has 16 rings (SSSR count). The van der Waals surface area contributed by atoms with Gasteiger partial charge in [-0.15, -0.1) is 0 Å². The number of piperidine rings is 2. The van der Waals surface area contributed by atoms with Gasteiger partial charge in [0.1, 0.15) is 21.3 Å². The zero-order valence-corrected chi connectivity index (χ0v) is 63.3. The summed E-state index contributed by atoms with van der Waals surface area (Å²) in [6.45, 7) is 8.47. The summed E-state index contributed by atoms with van der Waals surface area (Å²) in [6.07, 6.45) is 12.4. The van der Waals surface area contributed by atoms with Crippen LogP contribution in [0.5, 0.6) is 11.5 Å². The third kappa shape index (κ3) is 13.9. The first-order valence-corrected chi connectivity index (χ1v) is 37.6. The SMILES string of the molecule is CC(Oc1cc2cc(Nc3nc(N4CC5(CC[C@H](Nc6ccc7c(C8CCC(=O)NC8=O)nn(C)c7c6)[C@H](C)C5)C4)ncc3Cl)cnc2n(C)c1=O)C(=O)NN(C)C(=O)COc1cc2cc(Nc3nc(N4CC5(CC[C@H](Nc6ccc7c(C8CCC(=O)NC8=O)nn(C)c7c6)[C@H](C)C5)C4)ncc3Cl)cnc2n(C)c1=O. The number of hydrazine groups is 1. The van der Waals surface area contributed by atoms with E-state index >= 15 is 0 Å². The molecule has 2 aromatic carbocycles. The quantitative estimate of drug-likeness (QED) is 0.0317. The lowest BCUT2D eigenvalue weighted by atomic mass is 9.64. The van der Waals surface area contributed by atoms with Gasteiger partial charge in [-0.2, -0.15) is 20.2 Å². The van der Waals surface area contributed by atoms with Crippen molar-refractivity contribution in [1.82, 2.24) is 79.7 Å². The van der Waals surface area contributed by atoms with E-state index in [0.29, 0.717) is 93.0 Å². The number of imide groups is 2. The first-order valence-electron chi connectivity index (χ1n) is 36.8. The van der Waals surface area contributed by atoms with Gasteiger partial charge < -0.3 is 40.5 Å². The molecule has 3 unspecified atom stereocenters. The lowest BCUT2D eigenvalue weighted by molar-refractivity contribution is -0.143. The van der Waals surface area contributed by atoms with Crippen molar-refractivity contribution in [3.05, 3.63) is 128 Å². The Labute approximate surface area is 639 Å². The number of pyridine rings is 4. The number of anilines is 8. The summed E-state index contributed by atoms with van der Waals surface area (Å²) in [7, 11) is 8.12. The molecule has 6 amide bonds. The van der Waals surface area contributed by atoms with Gasteiger partial charge in [-0.1, -0.05) is 37.0 Å². The molecular weight excluding hydrogens is 1450 g/mol. The lowest BCUT2D eigenvalue weighted by Crippen LogP contribution is -2.60. The zero-order chi connectivity index (χ0) is 76.9. The second-order valence-corrected chi connectivity index (χ2v) is 31.4. The molecule has 2 saturated carbocycles. The molecule has 570 valence electrons. The van der Waals surface area contributed by atoms with Crippen LogP contribution in [-0.2, 0) is 57.0 Å². The van der Waals surface area contributed by atoms with Gasteiger partial charge in [-0.25, -0.2) is 19.9 Å². The number of benzene rings is 2. The summed E-state index contributed by atoms with van der Waals surface area (Å²) in [4.78, 5) is 136. The molecule has 12 heterocycles. The summed E-state index contributed by atoms with van der Waals surface area (Å²) in [5.41, 5.74) is 8.38. The number of likely N-dealkylation sites (N-methyl/N-ethyl adjacent to an activating group) is 1. The average Bonchev–Trinajstić information content (AvgIpc) is 1.42. The van der Waals surface area contributed by atoms with Crippen LogP contribution in [0.4, 0.5) is 46.3 Å². The number of halogens is 2. The topological polar surface area (TPSA) is 372 Å². The Balaban J connectivity index is 0.498. The van der Waals surface area contributed by atoms with E-state index in [0.717, 1.165) is 103 Å². The highest BCUT2D eigenvalue weighted by Gasteiger charge is 2.50. The summed E-state index contributed by atoms with van der Waals surface area (Å²) in [6, 6.07) is 19.2. The molecule has 6 aliphatic rings. The van der Waals surface area contributed by atoms with E-state index in [1.807, 2.05) is 38.4 Å². The van der Waals surface area contributed by atoms with Gasteiger partial charge in [0.15, 0.2) is 35.8 Å². The molecule has 34 heteroatoms. The Morgan fingerprint density at radius 2 is 1.05 bits per heavy atom. The Bertz CT molecular complexity index is 5600. The third-order valence-electron chi connectivity index (χ3n) is 22.8. The first-order chi connectivity index (χ1) is 52.7. The fourth-order valence-corrected chi connectivity index (χ4v) is 17.3. The van der Waals surface area contributed by atoms with Gasteiger partial charge in [0, 0.05) is 130 Å². The van der Waals surface area contributed by atoms with Crippen LogP contribution >= 0.6 is 23.2 Å². The number of fused-ring (bicyclic) bond motifs is 4. The van der Waals surface area contributed by atoms with E-state index < -0.39 is 47.5 Å². The molecular formula is C76H82Cl2N22O10. The molecule has 0 radical (unpaired) electrons. The average molecular weight is 1530 g/mol. The smallest absolute Gasteiger partial charge is 0.294 e. The molecule has 8 aromatic heterocycles. The predicted molar refractivity (Wildman–Crippen MR) is 413 cm³/mol. The Morgan fingerprint density at radius 3 is 1.51 bits per heavy atom. The summed E-state index contributed by atoms with van der Waals surface area (Å²) < 4.78 is 18.0. The monoisotopic (exact) mass is 1530 g/mol. The number of nitrogens with zero attached hydrogens (tertiary/aromatic N) is 15. The van der Waals surface area contributed by atoms with Crippen LogP contribution < -0.4 is 67.7 Å². The number of rotatable bonds is 18. The van der Waals surface area contributed by atoms with Crippen LogP contribution in [-0.4, -0.2) is 157 Å². The van der Waals surface area contributed by atoms with Gasteiger partial charge in [-0.3, -0.25) is 77.9 Å². The van der Waals surface area contributed by atoms with Crippen molar-refractivity contribution in [2.45, 2.75) is 115 Å². The minimum Gasteiger partial charge on any atom is -0.478 e. The number of hydrogen-bond donors (Lipinski definition) is 7. The highest BCUT2D eigenvalue weighted by Crippen LogP contribution is 2.50. The Hall–Kier alpha value is -11.5. The van der Waals surface area contributed by atoms with Crippen molar-refractivity contribution < 1.29 is 38.2 Å². The number of carbonyl (C=O) groups excluding carboxylic acids is 6. The van der Waals surface area contributed by atoms with E-state index in [1.165, 1.54) is 49.3 Å². The molecule has 7 atom stereocenters. The maximum atomic E-state index is 13.7. The Morgan fingerprint density at radius 1 is 0.600 bits per heavy atom. The van der Waals surface area contributed by atoms with Crippen molar-refractivity contribution in [2.75, 3.05) is 70.9 Å². The van der Waals surface area contributed by atoms with Crippen LogP contribution in [0.3, 0.4) is 0 Å². The normalized spacial score (nSPS) is 21.1. The number of aromatic nitrogens is 12. The van der Waals surface area contributed by atoms with E-state index in [4.69, 9.17) is 52.8 Å².